The molecule has 0 radical (unpaired) electrons. The first-order chi connectivity index (χ1) is 7.99. The van der Waals surface area contributed by atoms with Crippen molar-refractivity contribution in [2.24, 2.45) is 16.6 Å². The van der Waals surface area contributed by atoms with Gasteiger partial charge in [0.2, 0.25) is 0 Å². The van der Waals surface area contributed by atoms with Gasteiger partial charge in [0.05, 0.1) is 19.2 Å². The molecule has 0 bridgehead atoms. The molecule has 94 valence electrons. The van der Waals surface area contributed by atoms with Crippen molar-refractivity contribution < 1.29 is 9.47 Å². The number of nitrogens with zero attached hydrogens (tertiary/aromatic N) is 1. The minimum Gasteiger partial charge on any atom is -0.495 e. The van der Waals surface area contributed by atoms with Crippen molar-refractivity contribution in [1.29, 1.82) is 0 Å². The molecule has 0 aliphatic carbocycles. The van der Waals surface area contributed by atoms with E-state index in [2.05, 4.69) is 4.99 Å². The molecular weight excluding hydrogens is 240 g/mol. The fourth-order valence-electron chi connectivity index (χ4n) is 1.20. The Kier molecular flexibility index (Phi) is 4.63. The van der Waals surface area contributed by atoms with E-state index in [1.165, 1.54) is 0 Å². The number of amidine groups is 1. The van der Waals surface area contributed by atoms with Crippen molar-refractivity contribution >= 4 is 23.1 Å². The normalized spacial score (nSPS) is 11.8. The summed E-state index contributed by atoms with van der Waals surface area (Å²) in [5.74, 6) is 1.82. The SMILES string of the molecule is COc1cc(OC)c(N=C(N)C(C)C)cc1Cl. The summed E-state index contributed by atoms with van der Waals surface area (Å²) < 4.78 is 10.3. The lowest BCUT2D eigenvalue weighted by atomic mass is 10.2. The van der Waals surface area contributed by atoms with Crippen LogP contribution in [-0.2, 0) is 0 Å². The van der Waals surface area contributed by atoms with Crippen LogP contribution in [0.25, 0.3) is 0 Å². The summed E-state index contributed by atoms with van der Waals surface area (Å²) >= 11 is 6.03. The van der Waals surface area contributed by atoms with E-state index in [-0.39, 0.29) is 5.92 Å². The molecule has 0 heterocycles. The van der Waals surface area contributed by atoms with Crippen LogP contribution in [0.1, 0.15) is 13.8 Å². The highest BCUT2D eigenvalue weighted by atomic mass is 35.5. The molecule has 0 unspecified atom stereocenters. The quantitative estimate of drug-likeness (QED) is 0.666. The summed E-state index contributed by atoms with van der Waals surface area (Å²) in [7, 11) is 3.11. The molecule has 0 fully saturated rings. The number of aliphatic imine (C=N–C) groups is 1. The molecule has 0 spiro atoms. The van der Waals surface area contributed by atoms with E-state index in [1.807, 2.05) is 13.8 Å². The number of ether oxygens (including phenoxy) is 2. The highest BCUT2D eigenvalue weighted by Crippen LogP contribution is 2.37. The maximum absolute atomic E-state index is 6.03. The Balaban J connectivity index is 3.24. The minimum atomic E-state index is 0.167. The van der Waals surface area contributed by atoms with E-state index in [1.54, 1.807) is 26.4 Å². The molecule has 2 N–H and O–H groups in total. The first-order valence-electron chi connectivity index (χ1n) is 5.25. The molecule has 1 aromatic rings. The van der Waals surface area contributed by atoms with Crippen molar-refractivity contribution in [3.8, 4) is 11.5 Å². The third-order valence-corrected chi connectivity index (χ3v) is 2.59. The Morgan fingerprint density at radius 3 is 2.29 bits per heavy atom. The van der Waals surface area contributed by atoms with Crippen LogP contribution in [-0.4, -0.2) is 20.1 Å². The van der Waals surface area contributed by atoms with E-state index in [0.29, 0.717) is 28.0 Å². The largest absolute Gasteiger partial charge is 0.495 e. The Labute approximate surface area is 106 Å². The Bertz CT molecular complexity index is 431. The smallest absolute Gasteiger partial charge is 0.148 e. The van der Waals surface area contributed by atoms with Gasteiger partial charge in [0, 0.05) is 12.0 Å². The predicted molar refractivity (Wildman–Crippen MR) is 70.7 cm³/mol. The van der Waals surface area contributed by atoms with Crippen LogP contribution in [0.2, 0.25) is 5.02 Å². The lowest BCUT2D eigenvalue weighted by Gasteiger charge is -2.10. The summed E-state index contributed by atoms with van der Waals surface area (Å²) in [5, 5.41) is 0.476. The van der Waals surface area contributed by atoms with Crippen LogP contribution in [0.3, 0.4) is 0 Å². The van der Waals surface area contributed by atoms with Crippen molar-refractivity contribution in [3.05, 3.63) is 17.2 Å². The molecule has 5 heteroatoms. The highest BCUT2D eigenvalue weighted by Gasteiger charge is 2.10. The van der Waals surface area contributed by atoms with Crippen molar-refractivity contribution in [3.63, 3.8) is 0 Å². The second-order valence-corrected chi connectivity index (χ2v) is 4.26. The molecule has 0 amide bonds. The van der Waals surface area contributed by atoms with Gasteiger partial charge < -0.3 is 15.2 Å². The third kappa shape index (κ3) is 3.27. The highest BCUT2D eigenvalue weighted by molar-refractivity contribution is 6.32. The molecule has 1 aromatic carbocycles. The van der Waals surface area contributed by atoms with Gasteiger partial charge >= 0.3 is 0 Å². The molecule has 0 aromatic heterocycles. The van der Waals surface area contributed by atoms with Gasteiger partial charge in [-0.1, -0.05) is 25.4 Å². The van der Waals surface area contributed by atoms with Crippen molar-refractivity contribution in [2.75, 3.05) is 14.2 Å². The van der Waals surface area contributed by atoms with Crippen molar-refractivity contribution in [1.82, 2.24) is 0 Å². The summed E-state index contributed by atoms with van der Waals surface area (Å²) in [6, 6.07) is 3.36. The molecule has 0 saturated carbocycles. The Hall–Kier alpha value is -1.42. The number of hydrogen-bond donors (Lipinski definition) is 1. The topological polar surface area (TPSA) is 56.8 Å². The summed E-state index contributed by atoms with van der Waals surface area (Å²) in [4.78, 5) is 4.29. The standard InChI is InChI=1S/C12H17ClN2O2/c1-7(2)12(14)15-9-5-8(13)10(16-3)6-11(9)17-4/h5-7H,1-4H3,(H2,14,15). The molecule has 0 aliphatic rings. The monoisotopic (exact) mass is 256 g/mol. The second-order valence-electron chi connectivity index (χ2n) is 3.85. The second kappa shape index (κ2) is 5.77. The number of hydrogen-bond acceptors (Lipinski definition) is 3. The fraction of sp³-hybridized carbons (Fsp3) is 0.417. The third-order valence-electron chi connectivity index (χ3n) is 2.29. The summed E-state index contributed by atoms with van der Waals surface area (Å²) in [6.07, 6.45) is 0. The van der Waals surface area contributed by atoms with Gasteiger partial charge in [-0.05, 0) is 6.07 Å². The number of methoxy groups -OCH3 is 2. The average molecular weight is 257 g/mol. The lowest BCUT2D eigenvalue weighted by Crippen LogP contribution is -2.18. The van der Waals surface area contributed by atoms with Crippen LogP contribution in [0, 0.1) is 5.92 Å². The van der Waals surface area contributed by atoms with Gasteiger partial charge in [-0.25, -0.2) is 4.99 Å². The Morgan fingerprint density at radius 1 is 1.24 bits per heavy atom. The maximum atomic E-state index is 6.03. The van der Waals surface area contributed by atoms with E-state index in [4.69, 9.17) is 26.8 Å². The predicted octanol–water partition coefficient (Wildman–Crippen LogP) is 3.00. The van der Waals surface area contributed by atoms with Gasteiger partial charge in [0.1, 0.15) is 23.0 Å². The van der Waals surface area contributed by atoms with Crippen LogP contribution in [0.5, 0.6) is 11.5 Å². The van der Waals surface area contributed by atoms with Gasteiger partial charge in [0.25, 0.3) is 0 Å². The maximum Gasteiger partial charge on any atom is 0.148 e. The molecule has 0 saturated heterocycles. The zero-order valence-corrected chi connectivity index (χ0v) is 11.2. The summed E-state index contributed by atoms with van der Waals surface area (Å²) in [5.41, 5.74) is 6.41. The van der Waals surface area contributed by atoms with Gasteiger partial charge in [0.15, 0.2) is 0 Å². The van der Waals surface area contributed by atoms with Crippen molar-refractivity contribution in [2.45, 2.75) is 13.8 Å². The number of nitrogens with two attached hydrogens (primary N) is 1. The van der Waals surface area contributed by atoms with E-state index >= 15 is 0 Å². The van der Waals surface area contributed by atoms with Gasteiger partial charge in [-0.2, -0.15) is 0 Å². The first kappa shape index (κ1) is 13.6. The van der Waals surface area contributed by atoms with Crippen LogP contribution < -0.4 is 15.2 Å². The number of rotatable bonds is 4. The molecular formula is C12H17ClN2O2. The van der Waals surface area contributed by atoms with E-state index in [9.17, 15) is 0 Å². The minimum absolute atomic E-state index is 0.167. The molecule has 4 nitrogen and oxygen atoms in total. The zero-order valence-electron chi connectivity index (χ0n) is 10.5. The molecule has 0 atom stereocenters. The molecule has 17 heavy (non-hydrogen) atoms. The Morgan fingerprint density at radius 2 is 1.82 bits per heavy atom. The first-order valence-corrected chi connectivity index (χ1v) is 5.63. The van der Waals surface area contributed by atoms with Crippen LogP contribution >= 0.6 is 11.6 Å². The van der Waals surface area contributed by atoms with Crippen LogP contribution in [0.15, 0.2) is 17.1 Å². The number of benzene rings is 1. The van der Waals surface area contributed by atoms with Gasteiger partial charge in [-0.15, -0.1) is 0 Å². The summed E-state index contributed by atoms with van der Waals surface area (Å²) in [6.45, 7) is 3.94. The number of halogens is 1. The van der Waals surface area contributed by atoms with Gasteiger partial charge in [-0.3, -0.25) is 0 Å². The zero-order chi connectivity index (χ0) is 13.0. The fourth-order valence-corrected chi connectivity index (χ4v) is 1.43. The lowest BCUT2D eigenvalue weighted by molar-refractivity contribution is 0.395. The van der Waals surface area contributed by atoms with E-state index in [0.717, 1.165) is 0 Å². The molecule has 1 rings (SSSR count). The molecule has 0 aliphatic heterocycles. The van der Waals surface area contributed by atoms with E-state index < -0.39 is 0 Å². The van der Waals surface area contributed by atoms with Crippen LogP contribution in [0.4, 0.5) is 5.69 Å². The average Bonchev–Trinajstić information content (AvgIpc) is 2.29.